The lowest BCUT2D eigenvalue weighted by atomic mass is 9.96. The molecule has 7 nitrogen and oxygen atoms in total. The summed E-state index contributed by atoms with van der Waals surface area (Å²) >= 11 is 1.34. The van der Waals surface area contributed by atoms with Crippen molar-refractivity contribution in [2.75, 3.05) is 23.3 Å². The number of thiophene rings is 1. The Balaban J connectivity index is 1.66. The third kappa shape index (κ3) is 3.70. The van der Waals surface area contributed by atoms with Crippen LogP contribution in [0.3, 0.4) is 0 Å². The van der Waals surface area contributed by atoms with E-state index >= 15 is 0 Å². The van der Waals surface area contributed by atoms with Gasteiger partial charge < -0.3 is 15.3 Å². The number of carbonyl (C=O) groups is 2. The van der Waals surface area contributed by atoms with Gasteiger partial charge in [-0.25, -0.2) is 9.78 Å². The van der Waals surface area contributed by atoms with Crippen molar-refractivity contribution in [1.82, 2.24) is 9.97 Å². The first-order valence-electron chi connectivity index (χ1n) is 8.68. The van der Waals surface area contributed by atoms with Crippen LogP contribution in [0.25, 0.3) is 0 Å². The molecule has 0 unspecified atom stereocenters. The van der Waals surface area contributed by atoms with Crippen LogP contribution in [0, 0.1) is 12.8 Å². The predicted molar refractivity (Wildman–Crippen MR) is 101 cm³/mol. The van der Waals surface area contributed by atoms with Gasteiger partial charge in [0.25, 0.3) is 0 Å². The Morgan fingerprint density at radius 2 is 2.08 bits per heavy atom. The van der Waals surface area contributed by atoms with Crippen LogP contribution >= 0.6 is 11.3 Å². The van der Waals surface area contributed by atoms with Gasteiger partial charge in [-0.15, -0.1) is 11.3 Å². The number of nitrogens with one attached hydrogen (secondary N) is 1. The number of carbonyl (C=O) groups excluding carboxylic acids is 1. The van der Waals surface area contributed by atoms with Crippen molar-refractivity contribution in [3.05, 3.63) is 34.6 Å². The highest BCUT2D eigenvalue weighted by atomic mass is 32.1. The van der Waals surface area contributed by atoms with Crippen molar-refractivity contribution in [1.29, 1.82) is 0 Å². The lowest BCUT2D eigenvalue weighted by Gasteiger charge is -2.31. The molecule has 2 N–H and O–H groups in total. The van der Waals surface area contributed by atoms with E-state index in [0.29, 0.717) is 24.3 Å². The molecule has 2 aromatic rings. The van der Waals surface area contributed by atoms with E-state index in [-0.39, 0.29) is 17.4 Å². The van der Waals surface area contributed by atoms with Crippen molar-refractivity contribution in [2.45, 2.75) is 33.1 Å². The molecule has 2 aromatic heterocycles. The molecule has 1 aliphatic heterocycles. The van der Waals surface area contributed by atoms with E-state index in [1.54, 1.807) is 18.6 Å². The zero-order valence-corrected chi connectivity index (χ0v) is 15.7. The lowest BCUT2D eigenvalue weighted by Crippen LogP contribution is -2.38. The van der Waals surface area contributed by atoms with Crippen LogP contribution in [-0.4, -0.2) is 40.0 Å². The number of aryl methyl sites for hydroxylation is 1. The third-order valence-electron chi connectivity index (χ3n) is 4.75. The number of hydrogen-bond donors (Lipinski definition) is 2. The van der Waals surface area contributed by atoms with Gasteiger partial charge in [0.2, 0.25) is 5.91 Å². The van der Waals surface area contributed by atoms with Crippen LogP contribution < -0.4 is 10.2 Å². The molecule has 3 rings (SSSR count). The minimum atomic E-state index is -0.987. The second-order valence-corrected chi connectivity index (χ2v) is 7.54. The quantitative estimate of drug-likeness (QED) is 0.835. The molecule has 1 fully saturated rings. The van der Waals surface area contributed by atoms with Gasteiger partial charge in [-0.3, -0.25) is 9.78 Å². The summed E-state index contributed by atoms with van der Waals surface area (Å²) in [4.78, 5) is 35.7. The highest BCUT2D eigenvalue weighted by Crippen LogP contribution is 2.34. The SMILES string of the molecule is CCc1c(C)sc(NC(=O)C2CCN(c3cnccn3)CC2)c1C(=O)O. The fraction of sp³-hybridized carbons (Fsp3) is 0.444. The van der Waals surface area contributed by atoms with E-state index in [0.717, 1.165) is 29.3 Å². The van der Waals surface area contributed by atoms with Crippen LogP contribution in [0.4, 0.5) is 10.8 Å². The molecule has 0 atom stereocenters. The molecule has 1 amide bonds. The second-order valence-electron chi connectivity index (χ2n) is 6.31. The van der Waals surface area contributed by atoms with E-state index in [9.17, 15) is 14.7 Å². The number of aromatic nitrogens is 2. The maximum absolute atomic E-state index is 12.7. The van der Waals surface area contributed by atoms with Crippen LogP contribution in [0.2, 0.25) is 0 Å². The van der Waals surface area contributed by atoms with Crippen LogP contribution in [0.5, 0.6) is 0 Å². The summed E-state index contributed by atoms with van der Waals surface area (Å²) in [7, 11) is 0. The predicted octanol–water partition coefficient (Wildman–Crippen LogP) is 2.96. The fourth-order valence-corrected chi connectivity index (χ4v) is 4.50. The zero-order valence-electron chi connectivity index (χ0n) is 14.9. The normalized spacial score (nSPS) is 15.1. The van der Waals surface area contributed by atoms with Gasteiger partial charge in [0.15, 0.2) is 0 Å². The van der Waals surface area contributed by atoms with Gasteiger partial charge >= 0.3 is 5.97 Å². The Morgan fingerprint density at radius 1 is 1.35 bits per heavy atom. The second kappa shape index (κ2) is 7.82. The summed E-state index contributed by atoms with van der Waals surface area (Å²) in [6.45, 7) is 5.28. The molecule has 138 valence electrons. The molecule has 8 heteroatoms. The minimum Gasteiger partial charge on any atom is -0.478 e. The van der Waals surface area contributed by atoms with Gasteiger partial charge in [0.1, 0.15) is 10.8 Å². The van der Waals surface area contributed by atoms with Gasteiger partial charge in [-0.05, 0) is 31.7 Å². The van der Waals surface area contributed by atoms with Gasteiger partial charge in [-0.2, -0.15) is 0 Å². The largest absolute Gasteiger partial charge is 0.478 e. The highest BCUT2D eigenvalue weighted by Gasteiger charge is 2.28. The summed E-state index contributed by atoms with van der Waals surface area (Å²) in [5.41, 5.74) is 1.04. The number of piperidine rings is 1. The zero-order chi connectivity index (χ0) is 18.7. The Morgan fingerprint density at radius 3 is 2.65 bits per heavy atom. The van der Waals surface area contributed by atoms with Gasteiger partial charge in [-0.1, -0.05) is 6.92 Å². The molecule has 26 heavy (non-hydrogen) atoms. The summed E-state index contributed by atoms with van der Waals surface area (Å²) in [6, 6.07) is 0. The Hall–Kier alpha value is -2.48. The van der Waals surface area contributed by atoms with Gasteiger partial charge in [0, 0.05) is 36.3 Å². The molecular weight excluding hydrogens is 352 g/mol. The third-order valence-corrected chi connectivity index (χ3v) is 5.82. The average molecular weight is 374 g/mol. The highest BCUT2D eigenvalue weighted by molar-refractivity contribution is 7.16. The molecule has 1 saturated heterocycles. The fourth-order valence-electron chi connectivity index (χ4n) is 3.36. The molecular formula is C18H22N4O3S. The smallest absolute Gasteiger partial charge is 0.339 e. The number of carboxylic acids is 1. The maximum Gasteiger partial charge on any atom is 0.339 e. The monoisotopic (exact) mass is 374 g/mol. The van der Waals surface area contributed by atoms with E-state index < -0.39 is 5.97 Å². The number of carboxylic acid groups (broad SMARTS) is 1. The van der Waals surface area contributed by atoms with E-state index in [1.165, 1.54) is 11.3 Å². The van der Waals surface area contributed by atoms with E-state index in [1.807, 2.05) is 13.8 Å². The lowest BCUT2D eigenvalue weighted by molar-refractivity contribution is -0.120. The molecule has 0 bridgehead atoms. The maximum atomic E-state index is 12.7. The number of rotatable bonds is 5. The van der Waals surface area contributed by atoms with Crippen LogP contribution in [-0.2, 0) is 11.2 Å². The molecule has 0 radical (unpaired) electrons. The van der Waals surface area contributed by atoms with Crippen molar-refractivity contribution in [2.24, 2.45) is 5.92 Å². The Kier molecular flexibility index (Phi) is 5.51. The number of anilines is 2. The van der Waals surface area contributed by atoms with Crippen LogP contribution in [0.15, 0.2) is 18.6 Å². The summed E-state index contributed by atoms with van der Waals surface area (Å²) in [6.07, 6.45) is 7.06. The van der Waals surface area contributed by atoms with Crippen molar-refractivity contribution < 1.29 is 14.7 Å². The first kappa shape index (κ1) is 18.3. The van der Waals surface area contributed by atoms with Crippen molar-refractivity contribution in [3.63, 3.8) is 0 Å². The molecule has 0 aromatic carbocycles. The molecule has 3 heterocycles. The van der Waals surface area contributed by atoms with E-state index in [4.69, 9.17) is 0 Å². The van der Waals surface area contributed by atoms with Gasteiger partial charge in [0.05, 0.1) is 11.8 Å². The van der Waals surface area contributed by atoms with Crippen molar-refractivity contribution in [3.8, 4) is 0 Å². The topological polar surface area (TPSA) is 95.4 Å². The van der Waals surface area contributed by atoms with Crippen molar-refractivity contribution >= 4 is 34.0 Å². The van der Waals surface area contributed by atoms with Crippen LogP contribution in [0.1, 0.15) is 40.6 Å². The summed E-state index contributed by atoms with van der Waals surface area (Å²) in [5.74, 6) is -0.396. The average Bonchev–Trinajstić information content (AvgIpc) is 2.97. The number of amides is 1. The first-order chi connectivity index (χ1) is 12.5. The number of hydrogen-bond acceptors (Lipinski definition) is 6. The molecule has 0 saturated carbocycles. The first-order valence-corrected chi connectivity index (χ1v) is 9.50. The number of aromatic carboxylic acids is 1. The minimum absolute atomic E-state index is 0.102. The summed E-state index contributed by atoms with van der Waals surface area (Å²) in [5, 5.41) is 12.8. The molecule has 0 aliphatic carbocycles. The molecule has 0 spiro atoms. The summed E-state index contributed by atoms with van der Waals surface area (Å²) < 4.78 is 0. The standard InChI is InChI=1S/C18H22N4O3S/c1-3-13-11(2)26-17(15(13)18(24)25)21-16(23)12-4-8-22(9-5-12)14-10-19-6-7-20-14/h6-7,10,12H,3-5,8-9H2,1-2H3,(H,21,23)(H,24,25). The number of nitrogens with zero attached hydrogens (tertiary/aromatic N) is 3. The Labute approximate surface area is 156 Å². The Bertz CT molecular complexity index is 798. The van der Waals surface area contributed by atoms with E-state index in [2.05, 4.69) is 20.2 Å². The molecule has 1 aliphatic rings.